The van der Waals surface area contributed by atoms with Gasteiger partial charge >= 0.3 is 0 Å². The van der Waals surface area contributed by atoms with Crippen LogP contribution in [0.1, 0.15) is 35.6 Å². The van der Waals surface area contributed by atoms with Crippen LogP contribution in [-0.2, 0) is 18.4 Å². The van der Waals surface area contributed by atoms with Crippen LogP contribution in [0.25, 0.3) is 0 Å². The molecule has 0 saturated heterocycles. The molecular weight excluding hydrogens is 344 g/mol. The molecule has 2 N–H and O–H groups in total. The Bertz CT molecular complexity index is 997. The van der Waals surface area contributed by atoms with Crippen molar-refractivity contribution in [2.24, 2.45) is 0 Å². The Balaban J connectivity index is 1.58. The van der Waals surface area contributed by atoms with E-state index in [0.29, 0.717) is 23.2 Å². The lowest BCUT2D eigenvalue weighted by Crippen LogP contribution is -2.12. The van der Waals surface area contributed by atoms with Gasteiger partial charge in [-0.2, -0.15) is 0 Å². The zero-order valence-corrected chi connectivity index (χ0v) is 14.9. The van der Waals surface area contributed by atoms with Gasteiger partial charge in [-0.3, -0.25) is 14.7 Å². The summed E-state index contributed by atoms with van der Waals surface area (Å²) in [6.07, 6.45) is 1.60. The highest BCUT2D eigenvalue weighted by atomic mass is 16.6. The summed E-state index contributed by atoms with van der Waals surface area (Å²) in [6.45, 7) is 2.28. The molecule has 2 aromatic carbocycles. The summed E-state index contributed by atoms with van der Waals surface area (Å²) in [5, 5.41) is 32.6. The Hall–Kier alpha value is -3.28. The maximum Gasteiger partial charge on any atom is 0.273 e. The number of fused-ring (bicyclic) bond motifs is 1. The summed E-state index contributed by atoms with van der Waals surface area (Å²) in [4.78, 5) is 10.9. The highest BCUT2D eigenvalue weighted by Crippen LogP contribution is 2.65. The molecule has 0 bridgehead atoms. The first-order valence-corrected chi connectivity index (χ1v) is 8.89. The van der Waals surface area contributed by atoms with Gasteiger partial charge in [0.2, 0.25) is 0 Å². The number of aryl methyl sites for hydroxylation is 1. The van der Waals surface area contributed by atoms with Crippen molar-refractivity contribution in [1.82, 2.24) is 4.57 Å². The fourth-order valence-electron chi connectivity index (χ4n) is 4.04. The van der Waals surface area contributed by atoms with Crippen molar-refractivity contribution in [1.29, 1.82) is 0 Å². The maximum absolute atomic E-state index is 11.4. The van der Waals surface area contributed by atoms with Crippen molar-refractivity contribution in [3.63, 3.8) is 0 Å². The van der Waals surface area contributed by atoms with E-state index in [1.54, 1.807) is 25.1 Å². The van der Waals surface area contributed by atoms with Gasteiger partial charge in [0.1, 0.15) is 0 Å². The van der Waals surface area contributed by atoms with Gasteiger partial charge in [0.05, 0.1) is 10.3 Å². The number of nitro benzene ring substituents is 1. The molecule has 138 valence electrons. The van der Waals surface area contributed by atoms with Gasteiger partial charge in [-0.1, -0.05) is 48.5 Å². The zero-order chi connectivity index (χ0) is 19.2. The number of para-hydroxylation sites is 1. The molecule has 1 aromatic heterocycles. The van der Waals surface area contributed by atoms with E-state index in [1.807, 2.05) is 30.3 Å². The molecule has 0 unspecified atom stereocenters. The topological polar surface area (TPSA) is 88.5 Å². The van der Waals surface area contributed by atoms with Gasteiger partial charge in [-0.15, -0.1) is 0 Å². The van der Waals surface area contributed by atoms with Crippen LogP contribution < -0.4 is 0 Å². The van der Waals surface area contributed by atoms with Crippen molar-refractivity contribution < 1.29 is 15.1 Å². The highest BCUT2D eigenvalue weighted by molar-refractivity contribution is 5.78. The minimum absolute atomic E-state index is 0.00351. The van der Waals surface area contributed by atoms with E-state index in [0.717, 1.165) is 12.8 Å². The zero-order valence-electron chi connectivity index (χ0n) is 14.9. The van der Waals surface area contributed by atoms with Gasteiger partial charge in [0.15, 0.2) is 11.8 Å². The lowest BCUT2D eigenvalue weighted by atomic mass is 9.91. The normalized spacial score (nSPS) is 14.0. The van der Waals surface area contributed by atoms with Crippen LogP contribution >= 0.6 is 0 Å². The predicted octanol–water partition coefficient (Wildman–Crippen LogP) is 4.11. The van der Waals surface area contributed by atoms with E-state index in [9.17, 15) is 20.3 Å². The van der Waals surface area contributed by atoms with E-state index >= 15 is 0 Å². The first-order valence-electron chi connectivity index (χ1n) is 8.89. The van der Waals surface area contributed by atoms with Crippen molar-refractivity contribution in [3.05, 3.63) is 87.0 Å². The molecule has 0 spiro atoms. The van der Waals surface area contributed by atoms with Gasteiger partial charge in [-0.25, -0.2) is 0 Å². The van der Waals surface area contributed by atoms with E-state index in [4.69, 9.17) is 0 Å². The Morgan fingerprint density at radius 3 is 2.22 bits per heavy atom. The highest BCUT2D eigenvalue weighted by Gasteiger charge is 2.58. The van der Waals surface area contributed by atoms with Crippen LogP contribution in [0.3, 0.4) is 0 Å². The van der Waals surface area contributed by atoms with Crippen molar-refractivity contribution in [3.8, 4) is 11.8 Å². The van der Waals surface area contributed by atoms with Crippen LogP contribution in [0.4, 0.5) is 5.69 Å². The number of benzene rings is 2. The molecule has 0 aliphatic heterocycles. The summed E-state index contributed by atoms with van der Waals surface area (Å²) < 4.78 is 1.49. The monoisotopic (exact) mass is 364 g/mol. The van der Waals surface area contributed by atoms with Crippen LogP contribution in [0, 0.1) is 10.1 Å². The molecule has 1 heterocycles. The molecule has 0 saturated carbocycles. The number of nitrogens with zero attached hydrogens (tertiary/aromatic N) is 2. The molecule has 1 aliphatic rings. The van der Waals surface area contributed by atoms with Crippen molar-refractivity contribution in [2.45, 2.75) is 31.7 Å². The molecular formula is C21H20N2O4. The predicted molar refractivity (Wildman–Crippen MR) is 101 cm³/mol. The molecule has 27 heavy (non-hydrogen) atoms. The first-order chi connectivity index (χ1) is 13.0. The smallest absolute Gasteiger partial charge is 0.273 e. The Morgan fingerprint density at radius 1 is 1.00 bits per heavy atom. The quantitative estimate of drug-likeness (QED) is 0.509. The third-order valence-electron chi connectivity index (χ3n) is 5.48. The summed E-state index contributed by atoms with van der Waals surface area (Å²) >= 11 is 0. The fourth-order valence-corrected chi connectivity index (χ4v) is 4.04. The van der Waals surface area contributed by atoms with Gasteiger partial charge in [0, 0.05) is 29.3 Å². The minimum atomic E-state index is -0.812. The number of nitro groups is 1. The third-order valence-corrected chi connectivity index (χ3v) is 5.48. The molecule has 0 fully saturated rings. The largest absolute Gasteiger partial charge is 0.494 e. The lowest BCUT2D eigenvalue weighted by molar-refractivity contribution is -0.385. The Kier molecular flexibility index (Phi) is 3.91. The summed E-state index contributed by atoms with van der Waals surface area (Å²) in [6, 6.07) is 16.5. The summed E-state index contributed by atoms with van der Waals surface area (Å²) in [7, 11) is 0. The average molecular weight is 364 g/mol. The number of aromatic hydroxyl groups is 2. The van der Waals surface area contributed by atoms with Gasteiger partial charge in [0.25, 0.3) is 5.69 Å². The van der Waals surface area contributed by atoms with Crippen LogP contribution in [0.2, 0.25) is 0 Å². The molecule has 3 aromatic rings. The van der Waals surface area contributed by atoms with E-state index < -0.39 is 10.3 Å². The summed E-state index contributed by atoms with van der Waals surface area (Å²) in [5.74, 6) is -0.00701. The van der Waals surface area contributed by atoms with Crippen LogP contribution in [0.15, 0.2) is 54.6 Å². The molecule has 1 aliphatic carbocycles. The standard InChI is InChI=1S/C21H20N2O4/c1-21(15-11-5-6-12-16(15)23(26)27)17-18(21)20(25)22(19(17)24)13-7-10-14-8-3-2-4-9-14/h2-6,8-9,11-12,24-25H,7,10,13H2,1H3. The molecule has 0 amide bonds. The molecule has 4 rings (SSSR count). The van der Waals surface area contributed by atoms with Crippen LogP contribution in [0.5, 0.6) is 11.8 Å². The van der Waals surface area contributed by atoms with E-state index in [1.165, 1.54) is 16.2 Å². The molecule has 6 heteroatoms. The maximum atomic E-state index is 11.4. The van der Waals surface area contributed by atoms with Crippen molar-refractivity contribution >= 4 is 5.69 Å². The van der Waals surface area contributed by atoms with Crippen LogP contribution in [-0.4, -0.2) is 19.7 Å². The molecule has 0 atom stereocenters. The first kappa shape index (κ1) is 17.1. The van der Waals surface area contributed by atoms with Gasteiger partial charge in [-0.05, 0) is 25.3 Å². The summed E-state index contributed by atoms with van der Waals surface area (Å²) in [5.41, 5.74) is 2.02. The third kappa shape index (κ3) is 2.56. The Labute approximate surface area is 156 Å². The van der Waals surface area contributed by atoms with E-state index in [-0.39, 0.29) is 17.4 Å². The minimum Gasteiger partial charge on any atom is -0.494 e. The van der Waals surface area contributed by atoms with Crippen molar-refractivity contribution in [2.75, 3.05) is 0 Å². The van der Waals surface area contributed by atoms with Gasteiger partial charge < -0.3 is 10.2 Å². The second-order valence-electron chi connectivity index (χ2n) is 7.04. The fraction of sp³-hybridized carbons (Fsp3) is 0.238. The second kappa shape index (κ2) is 6.16. The molecule has 6 nitrogen and oxygen atoms in total. The Morgan fingerprint density at radius 2 is 1.59 bits per heavy atom. The number of hydrogen-bond acceptors (Lipinski definition) is 4. The SMILES string of the molecule is CC1(c2ccccc2[N+](=O)[O-])c2c1c(O)n(CCCc1ccccc1)c2O. The lowest BCUT2D eigenvalue weighted by Gasteiger charge is -2.17. The number of hydrogen-bond donors (Lipinski definition) is 2. The number of aromatic nitrogens is 1. The van der Waals surface area contributed by atoms with E-state index in [2.05, 4.69) is 0 Å². The number of rotatable bonds is 6. The average Bonchev–Trinajstić information content (AvgIpc) is 3.23. The second-order valence-corrected chi connectivity index (χ2v) is 7.04. The molecule has 0 radical (unpaired) electrons.